The molecule has 0 radical (unpaired) electrons. The van der Waals surface area contributed by atoms with Gasteiger partial charge in [-0.25, -0.2) is 0 Å². The average Bonchev–Trinajstić information content (AvgIpc) is 2.88. The summed E-state index contributed by atoms with van der Waals surface area (Å²) in [7, 11) is 1.62. The molecule has 8 heteroatoms. The lowest BCUT2D eigenvalue weighted by molar-refractivity contribution is -0.127. The highest BCUT2D eigenvalue weighted by Crippen LogP contribution is 2.24. The van der Waals surface area contributed by atoms with Gasteiger partial charge in [-0.05, 0) is 55.2 Å². The van der Waals surface area contributed by atoms with Crippen LogP contribution in [0.25, 0.3) is 0 Å². The van der Waals surface area contributed by atoms with Crippen molar-refractivity contribution in [3.63, 3.8) is 0 Å². The Morgan fingerprint density at radius 1 is 1.03 bits per heavy atom. The lowest BCUT2D eigenvalue weighted by atomic mass is 9.83. The summed E-state index contributed by atoms with van der Waals surface area (Å²) in [6, 6.07) is 6.64. The fourth-order valence-corrected chi connectivity index (χ4v) is 4.20. The van der Waals surface area contributed by atoms with Gasteiger partial charge < -0.3 is 30.9 Å². The molecule has 8 nitrogen and oxygen atoms in total. The Kier molecular flexibility index (Phi) is 16.6. The van der Waals surface area contributed by atoms with E-state index in [1.54, 1.807) is 25.3 Å². The molecule has 0 spiro atoms. The van der Waals surface area contributed by atoms with Crippen molar-refractivity contribution in [3.05, 3.63) is 42.0 Å². The molecule has 0 aromatic heterocycles. The molecular formula is C30H51N3O5. The summed E-state index contributed by atoms with van der Waals surface area (Å²) < 4.78 is 10.8. The van der Waals surface area contributed by atoms with Gasteiger partial charge in [0, 0.05) is 32.2 Å². The number of hydrogen-bond donors (Lipinski definition) is 4. The van der Waals surface area contributed by atoms with Crippen molar-refractivity contribution >= 4 is 11.8 Å². The summed E-state index contributed by atoms with van der Waals surface area (Å²) in [4.78, 5) is 25.7. The van der Waals surface area contributed by atoms with E-state index >= 15 is 0 Å². The molecule has 0 saturated heterocycles. The van der Waals surface area contributed by atoms with Crippen LogP contribution in [0.2, 0.25) is 0 Å². The molecule has 1 aromatic rings. The number of carbonyl (C=O) groups excluding carboxylic acids is 2. The Morgan fingerprint density at radius 2 is 1.71 bits per heavy atom. The van der Waals surface area contributed by atoms with Gasteiger partial charge in [-0.3, -0.25) is 9.59 Å². The van der Waals surface area contributed by atoms with Crippen molar-refractivity contribution in [3.8, 4) is 5.75 Å². The zero-order valence-electron chi connectivity index (χ0n) is 24.2. The molecule has 0 saturated carbocycles. The van der Waals surface area contributed by atoms with Gasteiger partial charge in [-0.15, -0.1) is 0 Å². The third-order valence-electron chi connectivity index (χ3n) is 6.90. The van der Waals surface area contributed by atoms with Crippen LogP contribution in [-0.4, -0.2) is 62.5 Å². The monoisotopic (exact) mass is 533 g/mol. The van der Waals surface area contributed by atoms with Gasteiger partial charge in [0.2, 0.25) is 5.91 Å². The molecule has 2 amide bonds. The third-order valence-corrected chi connectivity index (χ3v) is 6.90. The van der Waals surface area contributed by atoms with Crippen molar-refractivity contribution in [2.45, 2.75) is 72.4 Å². The summed E-state index contributed by atoms with van der Waals surface area (Å²) in [5, 5.41) is 16.9. The SMILES string of the molecule is CCCCNC(=O)C(CC(O)C(N)CC(CNC(=O)c1ccccc1OCC=CCOC)C(C)C)C(C)C. The van der Waals surface area contributed by atoms with Gasteiger partial charge in [0.1, 0.15) is 12.4 Å². The minimum absolute atomic E-state index is 0.0255. The molecule has 0 fully saturated rings. The van der Waals surface area contributed by atoms with E-state index in [0.29, 0.717) is 50.5 Å². The second-order valence-electron chi connectivity index (χ2n) is 10.6. The van der Waals surface area contributed by atoms with E-state index in [2.05, 4.69) is 31.4 Å². The van der Waals surface area contributed by atoms with Crippen molar-refractivity contribution in [1.82, 2.24) is 10.6 Å². The van der Waals surface area contributed by atoms with E-state index in [9.17, 15) is 14.7 Å². The molecule has 0 bridgehead atoms. The number of rotatable bonds is 19. The quantitative estimate of drug-likeness (QED) is 0.158. The number of benzene rings is 1. The molecule has 1 aromatic carbocycles. The van der Waals surface area contributed by atoms with Gasteiger partial charge >= 0.3 is 0 Å². The molecule has 0 aliphatic rings. The van der Waals surface area contributed by atoms with E-state index < -0.39 is 12.1 Å². The second-order valence-corrected chi connectivity index (χ2v) is 10.6. The third kappa shape index (κ3) is 12.4. The van der Waals surface area contributed by atoms with Crippen LogP contribution in [0, 0.1) is 23.7 Å². The van der Waals surface area contributed by atoms with Crippen LogP contribution in [0.5, 0.6) is 5.75 Å². The molecule has 216 valence electrons. The lowest BCUT2D eigenvalue weighted by Gasteiger charge is -2.30. The number of unbranched alkanes of at least 4 members (excludes halogenated alkanes) is 1. The molecule has 0 heterocycles. The minimum atomic E-state index is -0.809. The number of carbonyl (C=O) groups is 2. The number of hydrogen-bond acceptors (Lipinski definition) is 6. The molecule has 0 aliphatic carbocycles. The van der Waals surface area contributed by atoms with Gasteiger partial charge in [-0.1, -0.05) is 59.2 Å². The van der Waals surface area contributed by atoms with E-state index in [0.717, 1.165) is 12.8 Å². The summed E-state index contributed by atoms with van der Waals surface area (Å²) >= 11 is 0. The Hall–Kier alpha value is -2.42. The minimum Gasteiger partial charge on any atom is -0.489 e. The second kappa shape index (κ2) is 18.8. The maximum absolute atomic E-state index is 13.0. The number of nitrogens with two attached hydrogens (primary N) is 1. The first-order valence-electron chi connectivity index (χ1n) is 14.0. The number of nitrogens with one attached hydrogen (secondary N) is 2. The van der Waals surface area contributed by atoms with E-state index in [1.165, 1.54) is 0 Å². The van der Waals surface area contributed by atoms with E-state index in [-0.39, 0.29) is 35.5 Å². The Balaban J connectivity index is 2.73. The van der Waals surface area contributed by atoms with Crippen molar-refractivity contribution in [2.24, 2.45) is 29.4 Å². The summed E-state index contributed by atoms with van der Waals surface area (Å²) in [5.74, 6) is 0.362. The first-order valence-corrected chi connectivity index (χ1v) is 14.0. The standard InChI is InChI=1S/C30H51N3O5/c1-7-8-15-32-30(36)25(22(4)5)19-27(34)26(31)18-23(21(2)3)20-33-29(35)24-13-9-10-14-28(24)38-17-12-11-16-37-6/h9-14,21-23,25-27,34H,7-8,15-20,31H2,1-6H3,(H,32,36)(H,33,35). The fraction of sp³-hybridized carbons (Fsp3) is 0.667. The highest BCUT2D eigenvalue weighted by atomic mass is 16.5. The van der Waals surface area contributed by atoms with Crippen LogP contribution in [0.3, 0.4) is 0 Å². The van der Waals surface area contributed by atoms with Gasteiger partial charge in [-0.2, -0.15) is 0 Å². The maximum atomic E-state index is 13.0. The number of para-hydroxylation sites is 1. The normalized spacial score (nSPS) is 14.9. The summed E-state index contributed by atoms with van der Waals surface area (Å²) in [6.45, 7) is 12.1. The van der Waals surface area contributed by atoms with Crippen molar-refractivity contribution in [2.75, 3.05) is 33.4 Å². The number of methoxy groups -OCH3 is 1. The maximum Gasteiger partial charge on any atom is 0.255 e. The first-order chi connectivity index (χ1) is 18.1. The smallest absolute Gasteiger partial charge is 0.255 e. The number of aliphatic hydroxyl groups is 1. The average molecular weight is 534 g/mol. The number of aliphatic hydroxyl groups excluding tert-OH is 1. The van der Waals surface area contributed by atoms with Crippen molar-refractivity contribution in [1.29, 1.82) is 0 Å². The van der Waals surface area contributed by atoms with Gasteiger partial charge in [0.25, 0.3) is 5.91 Å². The predicted octanol–water partition coefficient (Wildman–Crippen LogP) is 3.93. The Morgan fingerprint density at radius 3 is 2.34 bits per heavy atom. The molecule has 38 heavy (non-hydrogen) atoms. The highest BCUT2D eigenvalue weighted by molar-refractivity contribution is 5.96. The van der Waals surface area contributed by atoms with Crippen LogP contribution < -0.4 is 21.1 Å². The highest BCUT2D eigenvalue weighted by Gasteiger charge is 2.29. The first kappa shape index (κ1) is 33.6. The predicted molar refractivity (Wildman–Crippen MR) is 153 cm³/mol. The zero-order valence-corrected chi connectivity index (χ0v) is 24.2. The van der Waals surface area contributed by atoms with Gasteiger partial charge in [0.15, 0.2) is 0 Å². The van der Waals surface area contributed by atoms with E-state index in [1.807, 2.05) is 32.1 Å². The topological polar surface area (TPSA) is 123 Å². The Labute approximate surface area is 229 Å². The molecule has 5 N–H and O–H groups in total. The zero-order chi connectivity index (χ0) is 28.5. The Bertz CT molecular complexity index is 843. The van der Waals surface area contributed by atoms with Crippen LogP contribution in [0.15, 0.2) is 36.4 Å². The molecule has 1 rings (SSSR count). The molecule has 0 aliphatic heterocycles. The van der Waals surface area contributed by atoms with Crippen LogP contribution in [-0.2, 0) is 9.53 Å². The fourth-order valence-electron chi connectivity index (χ4n) is 4.20. The largest absolute Gasteiger partial charge is 0.489 e. The van der Waals surface area contributed by atoms with Gasteiger partial charge in [0.05, 0.1) is 18.3 Å². The number of amides is 2. The molecule has 4 unspecified atom stereocenters. The lowest BCUT2D eigenvalue weighted by Crippen LogP contribution is -2.44. The van der Waals surface area contributed by atoms with Crippen LogP contribution in [0.4, 0.5) is 0 Å². The van der Waals surface area contributed by atoms with Crippen LogP contribution in [0.1, 0.15) is 70.7 Å². The summed E-state index contributed by atoms with van der Waals surface area (Å²) in [5.41, 5.74) is 6.89. The van der Waals surface area contributed by atoms with E-state index in [4.69, 9.17) is 15.2 Å². The molecule has 4 atom stereocenters. The number of ether oxygens (including phenoxy) is 2. The van der Waals surface area contributed by atoms with Crippen LogP contribution >= 0.6 is 0 Å². The summed E-state index contributed by atoms with van der Waals surface area (Å²) in [6.07, 6.45) is 5.69. The van der Waals surface area contributed by atoms with Crippen molar-refractivity contribution < 1.29 is 24.2 Å². The molecular weight excluding hydrogens is 482 g/mol.